The van der Waals surface area contributed by atoms with Crippen molar-refractivity contribution < 1.29 is 25.9 Å². The molecule has 8 nitrogen and oxygen atoms in total. The van der Waals surface area contributed by atoms with Crippen molar-refractivity contribution in [2.24, 2.45) is 10.7 Å². The molecule has 0 rings (SSSR count). The van der Waals surface area contributed by atoms with Crippen LogP contribution < -0.4 is 5.73 Å². The number of aliphatic imine (C=N–C) groups is 1. The third-order valence-corrected chi connectivity index (χ3v) is 4.99. The number of hydrogen-bond donors (Lipinski definition) is 3. The Balaban J connectivity index is 3.89. The zero-order chi connectivity index (χ0) is 12.8. The smallest absolute Gasteiger partial charge is 0.320 e. The molecule has 0 saturated carbocycles. The standard InChI is InChI=1S/C4H10N2O6S4/c5-4(3-14-16(10,11)12)6-1-2-13-15(7,8)9/h1-3H2,(H2,5,6)(H,7,8,9)(H,10,11,12). The third-order valence-electron chi connectivity index (χ3n) is 0.994. The van der Waals surface area contributed by atoms with Crippen LogP contribution in [-0.4, -0.2) is 49.8 Å². The number of amidine groups is 1. The third kappa shape index (κ3) is 12.1. The van der Waals surface area contributed by atoms with Crippen LogP contribution >= 0.6 is 21.6 Å². The summed E-state index contributed by atoms with van der Waals surface area (Å²) in [6.45, 7) is 0.0162. The molecule has 0 spiro atoms. The lowest BCUT2D eigenvalue weighted by Crippen LogP contribution is -2.17. The van der Waals surface area contributed by atoms with Gasteiger partial charge in [0.15, 0.2) is 0 Å². The summed E-state index contributed by atoms with van der Waals surface area (Å²) in [7, 11) is -7.76. The van der Waals surface area contributed by atoms with E-state index >= 15 is 0 Å². The molecular formula is C4H10N2O6S4. The lowest BCUT2D eigenvalue weighted by atomic mass is 10.7. The molecule has 16 heavy (non-hydrogen) atoms. The summed E-state index contributed by atoms with van der Waals surface area (Å²) >= 11 is 0. The molecule has 0 atom stereocenters. The van der Waals surface area contributed by atoms with Gasteiger partial charge >= 0.3 is 18.3 Å². The minimum atomic E-state index is -4.16. The van der Waals surface area contributed by atoms with E-state index in [2.05, 4.69) is 4.99 Å². The van der Waals surface area contributed by atoms with Crippen LogP contribution in [0.2, 0.25) is 0 Å². The van der Waals surface area contributed by atoms with Gasteiger partial charge in [0.05, 0.1) is 12.3 Å². The first-order chi connectivity index (χ1) is 7.10. The molecule has 0 unspecified atom stereocenters. The first-order valence-electron chi connectivity index (χ1n) is 3.62. The van der Waals surface area contributed by atoms with Crippen molar-refractivity contribution in [1.29, 1.82) is 0 Å². The molecule has 12 heteroatoms. The molecule has 0 radical (unpaired) electrons. The Morgan fingerprint density at radius 2 is 1.62 bits per heavy atom. The summed E-state index contributed by atoms with van der Waals surface area (Å²) in [4.78, 5) is 3.63. The summed E-state index contributed by atoms with van der Waals surface area (Å²) in [5.74, 6) is -0.260. The van der Waals surface area contributed by atoms with Crippen molar-refractivity contribution >= 4 is 45.7 Å². The largest absolute Gasteiger partial charge is 0.387 e. The van der Waals surface area contributed by atoms with E-state index in [9.17, 15) is 16.8 Å². The van der Waals surface area contributed by atoms with Gasteiger partial charge in [-0.3, -0.25) is 14.1 Å². The fraction of sp³-hybridized carbons (Fsp3) is 0.750. The van der Waals surface area contributed by atoms with Crippen molar-refractivity contribution in [3.05, 3.63) is 0 Å². The molecule has 0 aliphatic carbocycles. The molecule has 0 amide bonds. The maximum absolute atomic E-state index is 10.3. The normalized spacial score (nSPS) is 14.0. The van der Waals surface area contributed by atoms with Crippen LogP contribution in [0.3, 0.4) is 0 Å². The summed E-state index contributed by atoms with van der Waals surface area (Å²) in [6.07, 6.45) is 0. The molecule has 0 saturated heterocycles. The van der Waals surface area contributed by atoms with Gasteiger partial charge in [-0.1, -0.05) is 0 Å². The van der Waals surface area contributed by atoms with Gasteiger partial charge < -0.3 is 5.73 Å². The van der Waals surface area contributed by atoms with Crippen LogP contribution in [0.5, 0.6) is 0 Å². The second kappa shape index (κ2) is 6.66. The van der Waals surface area contributed by atoms with Crippen LogP contribution in [-0.2, 0) is 18.3 Å². The lowest BCUT2D eigenvalue weighted by Gasteiger charge is -1.98. The number of nitrogens with two attached hydrogens (primary N) is 1. The molecule has 4 N–H and O–H groups in total. The Hall–Kier alpha value is -0.0100. The molecule has 0 aromatic carbocycles. The molecule has 0 bridgehead atoms. The predicted molar refractivity (Wildman–Crippen MR) is 64.5 cm³/mol. The highest BCUT2D eigenvalue weighted by Crippen LogP contribution is 2.09. The van der Waals surface area contributed by atoms with Crippen molar-refractivity contribution in [3.8, 4) is 0 Å². The molecular weight excluding hydrogens is 300 g/mol. The van der Waals surface area contributed by atoms with Gasteiger partial charge in [0, 0.05) is 16.5 Å². The Morgan fingerprint density at radius 1 is 1.12 bits per heavy atom. The zero-order valence-corrected chi connectivity index (χ0v) is 11.1. The Bertz CT molecular complexity index is 439. The molecule has 0 fully saturated rings. The minimum Gasteiger partial charge on any atom is -0.387 e. The second-order valence-corrected chi connectivity index (χ2v) is 9.13. The van der Waals surface area contributed by atoms with E-state index < -0.39 is 18.3 Å². The maximum atomic E-state index is 10.3. The molecule has 0 aromatic rings. The highest BCUT2D eigenvalue weighted by Gasteiger charge is 2.07. The lowest BCUT2D eigenvalue weighted by molar-refractivity contribution is 0.501. The average molecular weight is 310 g/mol. The van der Waals surface area contributed by atoms with Crippen molar-refractivity contribution in [1.82, 2.24) is 0 Å². The quantitative estimate of drug-likeness (QED) is 0.184. The molecule has 96 valence electrons. The minimum absolute atomic E-state index is 0.00389. The van der Waals surface area contributed by atoms with Gasteiger partial charge in [0.2, 0.25) is 0 Å². The fourth-order valence-electron chi connectivity index (χ4n) is 0.512. The van der Waals surface area contributed by atoms with E-state index in [0.29, 0.717) is 0 Å². The highest BCUT2D eigenvalue weighted by atomic mass is 33.2. The van der Waals surface area contributed by atoms with Gasteiger partial charge in [0.1, 0.15) is 5.84 Å². The van der Waals surface area contributed by atoms with Gasteiger partial charge in [-0.05, 0) is 10.8 Å². The van der Waals surface area contributed by atoms with E-state index in [1.807, 2.05) is 0 Å². The fourth-order valence-corrected chi connectivity index (χ4v) is 2.91. The Morgan fingerprint density at radius 3 is 2.06 bits per heavy atom. The van der Waals surface area contributed by atoms with Crippen molar-refractivity contribution in [2.45, 2.75) is 0 Å². The van der Waals surface area contributed by atoms with E-state index in [-0.39, 0.29) is 45.5 Å². The predicted octanol–water partition coefficient (Wildman–Crippen LogP) is -0.584. The van der Waals surface area contributed by atoms with Gasteiger partial charge in [-0.2, -0.15) is 16.8 Å². The molecule has 0 aromatic heterocycles. The molecule has 0 aliphatic rings. The second-order valence-electron chi connectivity index (χ2n) is 2.31. The Labute approximate surface area is 100 Å². The van der Waals surface area contributed by atoms with E-state index in [1.165, 1.54) is 0 Å². The Kier molecular flexibility index (Phi) is 6.65. The SMILES string of the molecule is NC(CSS(=O)(=O)O)=NCCSS(=O)(=O)O. The first-order valence-corrected chi connectivity index (χ1v) is 9.51. The van der Waals surface area contributed by atoms with Gasteiger partial charge in [-0.15, -0.1) is 0 Å². The summed E-state index contributed by atoms with van der Waals surface area (Å²) < 4.78 is 57.8. The number of rotatable bonds is 7. The van der Waals surface area contributed by atoms with Gasteiger partial charge in [0.25, 0.3) is 0 Å². The first kappa shape index (κ1) is 16.0. The summed E-state index contributed by atoms with van der Waals surface area (Å²) in [6, 6.07) is 0. The van der Waals surface area contributed by atoms with Crippen LogP contribution in [0.25, 0.3) is 0 Å². The molecule has 0 heterocycles. The summed E-state index contributed by atoms with van der Waals surface area (Å²) in [5, 5.41) is 0. The number of hydrogen-bond acceptors (Lipinski definition) is 7. The van der Waals surface area contributed by atoms with Gasteiger partial charge in [-0.25, -0.2) is 0 Å². The monoisotopic (exact) mass is 310 g/mol. The molecule has 0 aliphatic heterocycles. The topological polar surface area (TPSA) is 147 Å². The van der Waals surface area contributed by atoms with Crippen molar-refractivity contribution in [2.75, 3.05) is 18.1 Å². The van der Waals surface area contributed by atoms with E-state index in [0.717, 1.165) is 0 Å². The average Bonchev–Trinajstić information content (AvgIpc) is 2.06. The van der Waals surface area contributed by atoms with Crippen LogP contribution in [0.1, 0.15) is 0 Å². The zero-order valence-electron chi connectivity index (χ0n) is 7.81. The maximum Gasteiger partial charge on any atom is 0.320 e. The van der Waals surface area contributed by atoms with Crippen LogP contribution in [0.4, 0.5) is 0 Å². The van der Waals surface area contributed by atoms with Crippen molar-refractivity contribution in [3.63, 3.8) is 0 Å². The number of nitrogens with zero attached hydrogens (tertiary/aromatic N) is 1. The summed E-state index contributed by atoms with van der Waals surface area (Å²) in [5.41, 5.74) is 5.26. The van der Waals surface area contributed by atoms with E-state index in [4.69, 9.17) is 14.8 Å². The van der Waals surface area contributed by atoms with E-state index in [1.54, 1.807) is 0 Å². The van der Waals surface area contributed by atoms with Crippen LogP contribution in [0, 0.1) is 0 Å². The van der Waals surface area contributed by atoms with Crippen LogP contribution in [0.15, 0.2) is 4.99 Å². The highest BCUT2D eigenvalue weighted by molar-refractivity contribution is 8.70.